The summed E-state index contributed by atoms with van der Waals surface area (Å²) in [5.74, 6) is -2.18. The monoisotopic (exact) mass is 288 g/mol. The van der Waals surface area contributed by atoms with Crippen molar-refractivity contribution in [2.75, 3.05) is 0 Å². The van der Waals surface area contributed by atoms with Crippen molar-refractivity contribution >= 4 is 22.7 Å². The molecule has 3 rings (SSSR count). The summed E-state index contributed by atoms with van der Waals surface area (Å²) in [6.45, 7) is 0. The molecule has 2 N–H and O–H groups in total. The highest BCUT2D eigenvalue weighted by molar-refractivity contribution is 7.85. The van der Waals surface area contributed by atoms with Gasteiger partial charge < -0.3 is 10.2 Å². The van der Waals surface area contributed by atoms with E-state index in [9.17, 15) is 13.8 Å². The van der Waals surface area contributed by atoms with Crippen LogP contribution in [0.5, 0.6) is 0 Å². The number of carboxylic acid groups (broad SMARTS) is 2. The van der Waals surface area contributed by atoms with Gasteiger partial charge in [-0.15, -0.1) is 0 Å². The number of aromatic carboxylic acids is 2. The highest BCUT2D eigenvalue weighted by atomic mass is 32.2. The zero-order chi connectivity index (χ0) is 14.4. The lowest BCUT2D eigenvalue weighted by Crippen LogP contribution is -1.98. The Kier molecular flexibility index (Phi) is 2.69. The van der Waals surface area contributed by atoms with E-state index in [2.05, 4.69) is 0 Å². The summed E-state index contributed by atoms with van der Waals surface area (Å²) in [5, 5.41) is 17.9. The predicted octanol–water partition coefficient (Wildman–Crippen LogP) is 2.23. The van der Waals surface area contributed by atoms with Crippen LogP contribution in [-0.4, -0.2) is 26.4 Å². The van der Waals surface area contributed by atoms with E-state index in [1.165, 1.54) is 24.3 Å². The molecule has 0 amide bonds. The van der Waals surface area contributed by atoms with Gasteiger partial charge in [-0.2, -0.15) is 0 Å². The van der Waals surface area contributed by atoms with Crippen LogP contribution in [0.25, 0.3) is 11.1 Å². The van der Waals surface area contributed by atoms with Crippen molar-refractivity contribution in [2.24, 2.45) is 0 Å². The molecule has 1 aliphatic rings. The molecule has 0 radical (unpaired) electrons. The van der Waals surface area contributed by atoms with Crippen molar-refractivity contribution in [3.05, 3.63) is 47.5 Å². The molecule has 100 valence electrons. The first-order valence-corrected chi connectivity index (χ1v) is 6.81. The quantitative estimate of drug-likeness (QED) is 0.754. The zero-order valence-electron chi connectivity index (χ0n) is 9.99. The van der Waals surface area contributed by atoms with E-state index in [-0.39, 0.29) is 11.1 Å². The first kappa shape index (κ1) is 12.6. The lowest BCUT2D eigenvalue weighted by atomic mass is 10.0. The van der Waals surface area contributed by atoms with Gasteiger partial charge in [0.15, 0.2) is 0 Å². The van der Waals surface area contributed by atoms with Crippen LogP contribution in [0, 0.1) is 0 Å². The Morgan fingerprint density at radius 2 is 1.20 bits per heavy atom. The molecular weight excluding hydrogens is 280 g/mol. The van der Waals surface area contributed by atoms with Gasteiger partial charge >= 0.3 is 11.9 Å². The molecule has 0 saturated carbocycles. The first-order chi connectivity index (χ1) is 9.49. The van der Waals surface area contributed by atoms with Crippen molar-refractivity contribution in [3.8, 4) is 11.1 Å². The molecule has 5 nitrogen and oxygen atoms in total. The van der Waals surface area contributed by atoms with Crippen LogP contribution < -0.4 is 0 Å². The molecule has 0 aromatic heterocycles. The molecule has 6 heteroatoms. The molecule has 0 spiro atoms. The molecule has 20 heavy (non-hydrogen) atoms. The van der Waals surface area contributed by atoms with Crippen molar-refractivity contribution in [1.82, 2.24) is 0 Å². The van der Waals surface area contributed by atoms with Crippen molar-refractivity contribution in [2.45, 2.75) is 9.79 Å². The summed E-state index contributed by atoms with van der Waals surface area (Å²) in [4.78, 5) is 22.7. The Bertz CT molecular complexity index is 729. The molecule has 0 atom stereocenters. The van der Waals surface area contributed by atoms with Crippen LogP contribution in [0.4, 0.5) is 0 Å². The number of rotatable bonds is 2. The lowest BCUT2D eigenvalue weighted by molar-refractivity contribution is 0.0686. The molecular formula is C14H8O5S. The normalized spacial score (nSPS) is 12.8. The van der Waals surface area contributed by atoms with Gasteiger partial charge in [-0.1, -0.05) is 12.1 Å². The number of fused-ring (bicyclic) bond motifs is 3. The number of hydrogen-bond donors (Lipinski definition) is 2. The summed E-state index contributed by atoms with van der Waals surface area (Å²) in [7, 11) is -1.55. The highest BCUT2D eigenvalue weighted by Gasteiger charge is 2.27. The van der Waals surface area contributed by atoms with Crippen molar-refractivity contribution in [3.63, 3.8) is 0 Å². The molecule has 0 saturated heterocycles. The second kappa shape index (κ2) is 4.28. The van der Waals surface area contributed by atoms with E-state index in [0.717, 1.165) is 0 Å². The minimum atomic E-state index is -1.55. The molecule has 0 bridgehead atoms. The molecule has 1 heterocycles. The first-order valence-electron chi connectivity index (χ1n) is 5.66. The Labute approximate surface area is 115 Å². The molecule has 2 aromatic carbocycles. The Hall–Kier alpha value is -2.47. The molecule has 0 fully saturated rings. The summed E-state index contributed by atoms with van der Waals surface area (Å²) < 4.78 is 12.4. The number of hydrogen-bond acceptors (Lipinski definition) is 3. The van der Waals surface area contributed by atoms with E-state index >= 15 is 0 Å². The summed E-state index contributed by atoms with van der Waals surface area (Å²) >= 11 is 0. The standard InChI is InChI=1S/C14H8O5S/c15-13(16)7-1-3-9-10-4-2-8(14(17)18)6-12(10)20(19)11(9)5-7/h1-6H,(H,15,16)(H,17,18). The maximum Gasteiger partial charge on any atom is 0.335 e. The average molecular weight is 288 g/mol. The van der Waals surface area contributed by atoms with Crippen molar-refractivity contribution < 1.29 is 24.0 Å². The van der Waals surface area contributed by atoms with Crippen LogP contribution in [0.3, 0.4) is 0 Å². The summed E-state index contributed by atoms with van der Waals surface area (Å²) in [6, 6.07) is 8.82. The van der Waals surface area contributed by atoms with Gasteiger partial charge in [-0.25, -0.2) is 13.8 Å². The largest absolute Gasteiger partial charge is 0.478 e. The van der Waals surface area contributed by atoms with Gasteiger partial charge in [-0.3, -0.25) is 0 Å². The van der Waals surface area contributed by atoms with Crippen LogP contribution in [0.1, 0.15) is 20.7 Å². The van der Waals surface area contributed by atoms with Gasteiger partial charge in [0.05, 0.1) is 31.7 Å². The second-order valence-electron chi connectivity index (χ2n) is 4.30. The van der Waals surface area contributed by atoms with Crippen LogP contribution in [0.15, 0.2) is 46.2 Å². The number of benzene rings is 2. The third-order valence-corrected chi connectivity index (χ3v) is 4.62. The van der Waals surface area contributed by atoms with Crippen molar-refractivity contribution in [1.29, 1.82) is 0 Å². The zero-order valence-corrected chi connectivity index (χ0v) is 10.8. The molecule has 1 aliphatic heterocycles. The van der Waals surface area contributed by atoms with Gasteiger partial charge in [0.25, 0.3) is 0 Å². The number of carbonyl (C=O) groups is 2. The maximum atomic E-state index is 12.4. The van der Waals surface area contributed by atoms with Gasteiger partial charge in [0.1, 0.15) is 0 Å². The second-order valence-corrected chi connectivity index (χ2v) is 5.72. The fraction of sp³-hybridized carbons (Fsp3) is 0. The van der Waals surface area contributed by atoms with Gasteiger partial charge in [0, 0.05) is 0 Å². The highest BCUT2D eigenvalue weighted by Crippen LogP contribution is 2.41. The topological polar surface area (TPSA) is 91.7 Å². The van der Waals surface area contributed by atoms with E-state index in [1.54, 1.807) is 12.1 Å². The van der Waals surface area contributed by atoms with Crippen LogP contribution in [-0.2, 0) is 10.8 Å². The van der Waals surface area contributed by atoms with E-state index < -0.39 is 22.7 Å². The lowest BCUT2D eigenvalue weighted by Gasteiger charge is -2.00. The van der Waals surface area contributed by atoms with Gasteiger partial charge in [0.2, 0.25) is 0 Å². The van der Waals surface area contributed by atoms with E-state index in [4.69, 9.17) is 10.2 Å². The predicted molar refractivity (Wildman–Crippen MR) is 70.5 cm³/mol. The summed E-state index contributed by atoms with van der Waals surface area (Å²) in [6.07, 6.45) is 0. The van der Waals surface area contributed by atoms with Gasteiger partial charge in [-0.05, 0) is 35.4 Å². The third kappa shape index (κ3) is 1.73. The average Bonchev–Trinajstić information content (AvgIpc) is 2.71. The smallest absolute Gasteiger partial charge is 0.335 e. The fourth-order valence-electron chi connectivity index (χ4n) is 2.18. The fourth-order valence-corrected chi connectivity index (χ4v) is 3.64. The minimum absolute atomic E-state index is 0.0587. The Balaban J connectivity index is 2.21. The summed E-state index contributed by atoms with van der Waals surface area (Å²) in [5.41, 5.74) is 1.48. The third-order valence-electron chi connectivity index (χ3n) is 3.15. The van der Waals surface area contributed by atoms with E-state index in [1.807, 2.05) is 0 Å². The Morgan fingerprint density at radius 3 is 1.55 bits per heavy atom. The SMILES string of the molecule is O=C(O)c1ccc2c(c1)S(=O)c1cc(C(=O)O)ccc1-2. The number of carboxylic acids is 2. The van der Waals surface area contributed by atoms with Crippen LogP contribution >= 0.6 is 0 Å². The Morgan fingerprint density at radius 1 is 0.800 bits per heavy atom. The maximum absolute atomic E-state index is 12.4. The molecule has 0 unspecified atom stereocenters. The minimum Gasteiger partial charge on any atom is -0.478 e. The van der Waals surface area contributed by atoms with Crippen LogP contribution in [0.2, 0.25) is 0 Å². The molecule has 2 aromatic rings. The van der Waals surface area contributed by atoms with E-state index in [0.29, 0.717) is 20.9 Å². The molecule has 0 aliphatic carbocycles.